The van der Waals surface area contributed by atoms with Gasteiger partial charge in [0.2, 0.25) is 21.9 Å². The van der Waals surface area contributed by atoms with Gasteiger partial charge in [0.25, 0.3) is 0 Å². The van der Waals surface area contributed by atoms with Crippen LogP contribution in [0, 0.1) is 13.8 Å². The zero-order valence-electron chi connectivity index (χ0n) is 16.2. The third kappa shape index (κ3) is 4.23. The molecule has 0 fully saturated rings. The molecule has 2 aromatic carbocycles. The van der Waals surface area contributed by atoms with Crippen LogP contribution in [0.2, 0.25) is 0 Å². The van der Waals surface area contributed by atoms with E-state index in [1.54, 1.807) is 19.1 Å². The number of rotatable bonds is 7. The van der Waals surface area contributed by atoms with Crippen LogP contribution in [0.3, 0.4) is 0 Å². The van der Waals surface area contributed by atoms with Crippen LogP contribution in [-0.4, -0.2) is 30.4 Å². The molecule has 2 N–H and O–H groups in total. The highest BCUT2D eigenvalue weighted by atomic mass is 32.2. The molecule has 1 aromatic heterocycles. The Balaban J connectivity index is 1.64. The molecule has 7 nitrogen and oxygen atoms in total. The third-order valence-electron chi connectivity index (χ3n) is 4.50. The Morgan fingerprint density at radius 1 is 1.14 bits per heavy atom. The highest BCUT2D eigenvalue weighted by Crippen LogP contribution is 2.19. The fraction of sp³-hybridized carbons (Fsp3) is 0.300. The molecule has 1 heterocycles. The van der Waals surface area contributed by atoms with Crippen molar-refractivity contribution in [2.24, 2.45) is 0 Å². The number of carbonyl (C=O) groups excluding carboxylic acids is 1. The minimum atomic E-state index is -3.67. The minimum absolute atomic E-state index is 0.00784. The highest BCUT2D eigenvalue weighted by Gasteiger charge is 2.18. The standard InChI is InChI=1S/C20H24N4O3S/c1-4-24-17-8-6-5-7-16(17)22-20(24)23-19(25)11-12-21-28(26,27)18-13-14(2)9-10-15(18)3/h5-10,13,21H,4,11-12H2,1-3H3,(H,22,23,25). The number of imidazole rings is 1. The van der Waals surface area contributed by atoms with Crippen molar-refractivity contribution in [1.29, 1.82) is 0 Å². The SMILES string of the molecule is CCn1c(NC(=O)CCNS(=O)(=O)c2cc(C)ccc2C)nc2ccccc21. The molecule has 28 heavy (non-hydrogen) atoms. The molecule has 1 amide bonds. The molecule has 148 valence electrons. The van der Waals surface area contributed by atoms with E-state index in [9.17, 15) is 13.2 Å². The van der Waals surface area contributed by atoms with E-state index in [1.165, 1.54) is 0 Å². The van der Waals surface area contributed by atoms with E-state index in [-0.39, 0.29) is 23.8 Å². The summed E-state index contributed by atoms with van der Waals surface area (Å²) in [6.07, 6.45) is 0.0109. The molecule has 8 heteroatoms. The van der Waals surface area contributed by atoms with Gasteiger partial charge in [-0.3, -0.25) is 10.1 Å². The van der Waals surface area contributed by atoms with Gasteiger partial charge in [0.05, 0.1) is 15.9 Å². The van der Waals surface area contributed by atoms with E-state index in [1.807, 2.05) is 48.7 Å². The number of fused-ring (bicyclic) bond motifs is 1. The van der Waals surface area contributed by atoms with Gasteiger partial charge < -0.3 is 4.57 Å². The largest absolute Gasteiger partial charge is 0.310 e. The zero-order chi connectivity index (χ0) is 20.3. The monoisotopic (exact) mass is 400 g/mol. The van der Waals surface area contributed by atoms with Gasteiger partial charge in [-0.05, 0) is 50.1 Å². The zero-order valence-corrected chi connectivity index (χ0v) is 17.0. The van der Waals surface area contributed by atoms with Gasteiger partial charge in [-0.25, -0.2) is 18.1 Å². The number of nitrogens with one attached hydrogen (secondary N) is 2. The minimum Gasteiger partial charge on any atom is -0.310 e. The van der Waals surface area contributed by atoms with Crippen LogP contribution >= 0.6 is 0 Å². The average Bonchev–Trinajstić information content (AvgIpc) is 3.00. The lowest BCUT2D eigenvalue weighted by molar-refractivity contribution is -0.116. The second-order valence-corrected chi connectivity index (χ2v) is 8.37. The average molecular weight is 401 g/mol. The quantitative estimate of drug-likeness (QED) is 0.638. The summed E-state index contributed by atoms with van der Waals surface area (Å²) in [7, 11) is -3.67. The number of sulfonamides is 1. The van der Waals surface area contributed by atoms with E-state index in [4.69, 9.17) is 0 Å². The van der Waals surface area contributed by atoms with Crippen LogP contribution in [0.4, 0.5) is 5.95 Å². The first-order valence-electron chi connectivity index (χ1n) is 9.14. The van der Waals surface area contributed by atoms with Gasteiger partial charge in [-0.2, -0.15) is 0 Å². The summed E-state index contributed by atoms with van der Waals surface area (Å²) in [5.41, 5.74) is 3.27. The van der Waals surface area contributed by atoms with E-state index in [0.717, 1.165) is 16.6 Å². The summed E-state index contributed by atoms with van der Waals surface area (Å²) in [5, 5.41) is 2.78. The van der Waals surface area contributed by atoms with Crippen molar-refractivity contribution in [3.8, 4) is 0 Å². The molecule has 0 bridgehead atoms. The van der Waals surface area contributed by atoms with Crippen molar-refractivity contribution >= 4 is 32.9 Å². The predicted octanol–water partition coefficient (Wildman–Crippen LogP) is 2.98. The highest BCUT2D eigenvalue weighted by molar-refractivity contribution is 7.89. The Bertz CT molecular complexity index is 1120. The van der Waals surface area contributed by atoms with Crippen LogP contribution in [-0.2, 0) is 21.4 Å². The van der Waals surface area contributed by atoms with Gasteiger partial charge >= 0.3 is 0 Å². The topological polar surface area (TPSA) is 93.1 Å². The maximum Gasteiger partial charge on any atom is 0.240 e. The molecule has 3 rings (SSSR count). The molecule has 0 aliphatic heterocycles. The van der Waals surface area contributed by atoms with Crippen molar-refractivity contribution in [3.63, 3.8) is 0 Å². The summed E-state index contributed by atoms with van der Waals surface area (Å²) >= 11 is 0. The summed E-state index contributed by atoms with van der Waals surface area (Å²) in [4.78, 5) is 17.0. The fourth-order valence-electron chi connectivity index (χ4n) is 3.05. The van der Waals surface area contributed by atoms with E-state index >= 15 is 0 Å². The van der Waals surface area contributed by atoms with E-state index < -0.39 is 10.0 Å². The van der Waals surface area contributed by atoms with Crippen molar-refractivity contribution in [3.05, 3.63) is 53.6 Å². The van der Waals surface area contributed by atoms with Crippen molar-refractivity contribution in [2.45, 2.75) is 38.6 Å². The van der Waals surface area contributed by atoms with Crippen molar-refractivity contribution in [2.75, 3.05) is 11.9 Å². The van der Waals surface area contributed by atoms with Gasteiger partial charge in [0, 0.05) is 19.5 Å². The third-order valence-corrected chi connectivity index (χ3v) is 6.10. The summed E-state index contributed by atoms with van der Waals surface area (Å²) < 4.78 is 29.4. The molecule has 0 saturated carbocycles. The lowest BCUT2D eigenvalue weighted by Gasteiger charge is -2.11. The Morgan fingerprint density at radius 3 is 2.64 bits per heavy atom. The van der Waals surface area contributed by atoms with Gasteiger partial charge in [-0.15, -0.1) is 0 Å². The number of aromatic nitrogens is 2. The first-order chi connectivity index (χ1) is 13.3. The molecular formula is C20H24N4O3S. The first-order valence-corrected chi connectivity index (χ1v) is 10.6. The van der Waals surface area contributed by atoms with Crippen LogP contribution in [0.5, 0.6) is 0 Å². The van der Waals surface area contributed by atoms with Crippen LogP contribution in [0.25, 0.3) is 11.0 Å². The van der Waals surface area contributed by atoms with Crippen molar-refractivity contribution < 1.29 is 13.2 Å². The van der Waals surface area contributed by atoms with Gasteiger partial charge in [0.15, 0.2) is 0 Å². The number of nitrogens with zero attached hydrogens (tertiary/aromatic N) is 2. The number of benzene rings is 2. The molecule has 0 unspecified atom stereocenters. The first kappa shape index (κ1) is 20.0. The Morgan fingerprint density at radius 2 is 1.89 bits per heavy atom. The second kappa shape index (κ2) is 8.12. The molecule has 0 radical (unpaired) electrons. The smallest absolute Gasteiger partial charge is 0.240 e. The molecule has 0 atom stereocenters. The molecular weight excluding hydrogens is 376 g/mol. The fourth-order valence-corrected chi connectivity index (χ4v) is 4.41. The lowest BCUT2D eigenvalue weighted by Crippen LogP contribution is -2.28. The van der Waals surface area contributed by atoms with E-state index in [2.05, 4.69) is 15.0 Å². The lowest BCUT2D eigenvalue weighted by atomic mass is 10.2. The molecule has 0 aliphatic rings. The number of carbonyl (C=O) groups is 1. The molecule has 0 spiro atoms. The van der Waals surface area contributed by atoms with Crippen LogP contribution in [0.1, 0.15) is 24.5 Å². The molecule has 3 aromatic rings. The second-order valence-electron chi connectivity index (χ2n) is 6.63. The Labute approximate surface area is 164 Å². The molecule has 0 aliphatic carbocycles. The summed E-state index contributed by atoms with van der Waals surface area (Å²) in [6.45, 7) is 6.23. The number of aryl methyl sites for hydroxylation is 3. The Hall–Kier alpha value is -2.71. The molecule has 0 saturated heterocycles. The Kier molecular flexibility index (Phi) is 5.81. The van der Waals surface area contributed by atoms with E-state index in [0.29, 0.717) is 18.1 Å². The summed E-state index contributed by atoms with van der Waals surface area (Å²) in [5.74, 6) is 0.166. The van der Waals surface area contributed by atoms with Crippen LogP contribution in [0.15, 0.2) is 47.4 Å². The number of hydrogen-bond acceptors (Lipinski definition) is 4. The summed E-state index contributed by atoms with van der Waals surface area (Å²) in [6, 6.07) is 12.9. The number of anilines is 1. The van der Waals surface area contributed by atoms with Crippen molar-refractivity contribution in [1.82, 2.24) is 14.3 Å². The normalized spacial score (nSPS) is 11.7. The maximum absolute atomic E-state index is 12.5. The number of amides is 1. The maximum atomic E-state index is 12.5. The number of para-hydroxylation sites is 2. The predicted molar refractivity (Wildman–Crippen MR) is 110 cm³/mol. The van der Waals surface area contributed by atoms with Crippen LogP contribution < -0.4 is 10.0 Å². The number of hydrogen-bond donors (Lipinski definition) is 2. The van der Waals surface area contributed by atoms with Gasteiger partial charge in [0.1, 0.15) is 0 Å². The van der Waals surface area contributed by atoms with Gasteiger partial charge in [-0.1, -0.05) is 24.3 Å².